The Morgan fingerprint density at radius 2 is 2.32 bits per heavy atom. The Morgan fingerprint density at radius 1 is 1.36 bits per heavy atom. The van der Waals surface area contributed by atoms with Gasteiger partial charge in [-0.05, 0) is 37.8 Å². The molecule has 1 N–H and O–H groups in total. The molecule has 1 spiro atoms. The lowest BCUT2D eigenvalue weighted by atomic mass is 9.90. The molecule has 7 nitrogen and oxygen atoms in total. The van der Waals surface area contributed by atoms with Gasteiger partial charge in [0.2, 0.25) is 0 Å². The largest absolute Gasteiger partial charge is 0.451 e. The van der Waals surface area contributed by atoms with Gasteiger partial charge in [-0.2, -0.15) is 0 Å². The summed E-state index contributed by atoms with van der Waals surface area (Å²) in [6.45, 7) is 2.06. The number of carbonyl (C=O) groups excluding carboxylic acids is 1. The maximum absolute atomic E-state index is 12.5. The molecule has 0 aromatic carbocycles. The number of ether oxygens (including phenoxy) is 1. The Hall–Kier alpha value is -2.41. The third-order valence-corrected chi connectivity index (χ3v) is 5.01. The van der Waals surface area contributed by atoms with Gasteiger partial charge in [-0.3, -0.25) is 4.79 Å². The van der Waals surface area contributed by atoms with Crippen molar-refractivity contribution in [2.75, 3.05) is 25.0 Å². The molecule has 2 aromatic rings. The highest BCUT2D eigenvalue weighted by atomic mass is 16.5. The number of likely N-dealkylation sites (tertiary alicyclic amines) is 1. The van der Waals surface area contributed by atoms with Crippen molar-refractivity contribution in [2.45, 2.75) is 37.4 Å². The molecule has 0 saturated carbocycles. The summed E-state index contributed by atoms with van der Waals surface area (Å²) in [6, 6.07) is 5.81. The van der Waals surface area contributed by atoms with Gasteiger partial charge >= 0.3 is 0 Å². The van der Waals surface area contributed by atoms with Crippen molar-refractivity contribution in [3.05, 3.63) is 42.7 Å². The van der Waals surface area contributed by atoms with Crippen LogP contribution in [0, 0.1) is 0 Å². The minimum absolute atomic E-state index is 0.0806. The van der Waals surface area contributed by atoms with Crippen molar-refractivity contribution in [3.8, 4) is 0 Å². The number of pyridine rings is 1. The number of oxazole rings is 1. The average Bonchev–Trinajstić information content (AvgIpc) is 3.31. The number of carbonyl (C=O) groups is 1. The number of anilines is 1. The van der Waals surface area contributed by atoms with Crippen molar-refractivity contribution in [2.24, 2.45) is 0 Å². The Kier molecular flexibility index (Phi) is 4.40. The van der Waals surface area contributed by atoms with Crippen molar-refractivity contribution in [3.63, 3.8) is 0 Å². The Labute approximate surface area is 146 Å². The molecule has 0 unspecified atom stereocenters. The standard InChI is InChI=1S/C18H22N4O3/c23-17(15-11-24-13-21-15)22-9-7-18(12-22)6-3-4-14(25-18)10-20-16-5-1-2-8-19-16/h1-2,5,8,11,13-14H,3-4,6-7,9-10,12H2,(H,19,20)/t14-,18-/m1/s1. The molecule has 2 saturated heterocycles. The minimum Gasteiger partial charge on any atom is -0.451 e. The molecule has 1 amide bonds. The normalized spacial score (nSPS) is 26.1. The number of nitrogens with one attached hydrogen (secondary N) is 1. The van der Waals surface area contributed by atoms with Crippen LogP contribution >= 0.6 is 0 Å². The Morgan fingerprint density at radius 3 is 3.12 bits per heavy atom. The van der Waals surface area contributed by atoms with Crippen LogP contribution in [0.2, 0.25) is 0 Å². The number of hydrogen-bond acceptors (Lipinski definition) is 6. The van der Waals surface area contributed by atoms with Crippen LogP contribution in [0.3, 0.4) is 0 Å². The van der Waals surface area contributed by atoms with E-state index in [0.29, 0.717) is 18.8 Å². The highest BCUT2D eigenvalue weighted by Gasteiger charge is 2.44. The monoisotopic (exact) mass is 342 g/mol. The number of aromatic nitrogens is 2. The molecule has 2 aromatic heterocycles. The van der Waals surface area contributed by atoms with Gasteiger partial charge in [-0.15, -0.1) is 0 Å². The Balaban J connectivity index is 1.35. The minimum atomic E-state index is -0.228. The lowest BCUT2D eigenvalue weighted by Crippen LogP contribution is -2.45. The topological polar surface area (TPSA) is 80.5 Å². The summed E-state index contributed by atoms with van der Waals surface area (Å²) in [5.74, 6) is 0.781. The van der Waals surface area contributed by atoms with Gasteiger partial charge in [-0.1, -0.05) is 6.07 Å². The van der Waals surface area contributed by atoms with Crippen LogP contribution in [-0.2, 0) is 4.74 Å². The summed E-state index contributed by atoms with van der Waals surface area (Å²) in [5, 5.41) is 3.34. The van der Waals surface area contributed by atoms with Crippen molar-refractivity contribution in [1.82, 2.24) is 14.9 Å². The zero-order valence-electron chi connectivity index (χ0n) is 14.1. The predicted octanol–water partition coefficient (Wildman–Crippen LogP) is 2.34. The highest BCUT2D eigenvalue weighted by molar-refractivity contribution is 5.92. The molecular weight excluding hydrogens is 320 g/mol. The molecular formula is C18H22N4O3. The molecule has 25 heavy (non-hydrogen) atoms. The van der Waals surface area contributed by atoms with Crippen LogP contribution in [0.1, 0.15) is 36.2 Å². The second-order valence-corrected chi connectivity index (χ2v) is 6.76. The third-order valence-electron chi connectivity index (χ3n) is 5.01. The van der Waals surface area contributed by atoms with E-state index in [4.69, 9.17) is 9.15 Å². The smallest absolute Gasteiger partial charge is 0.275 e. The lowest BCUT2D eigenvalue weighted by molar-refractivity contribution is -0.114. The van der Waals surface area contributed by atoms with Gasteiger partial charge in [0.15, 0.2) is 12.1 Å². The zero-order valence-corrected chi connectivity index (χ0v) is 14.1. The number of nitrogens with zero attached hydrogens (tertiary/aromatic N) is 3. The summed E-state index contributed by atoms with van der Waals surface area (Å²) < 4.78 is 11.3. The fourth-order valence-corrected chi connectivity index (χ4v) is 3.75. The van der Waals surface area contributed by atoms with E-state index in [9.17, 15) is 4.79 Å². The van der Waals surface area contributed by atoms with E-state index >= 15 is 0 Å². The predicted molar refractivity (Wildman–Crippen MR) is 91.2 cm³/mol. The van der Waals surface area contributed by atoms with Gasteiger partial charge in [-0.25, -0.2) is 9.97 Å². The molecule has 4 heterocycles. The fourth-order valence-electron chi connectivity index (χ4n) is 3.75. The van der Waals surface area contributed by atoms with Gasteiger partial charge in [0.25, 0.3) is 5.91 Å². The number of rotatable bonds is 4. The summed E-state index contributed by atoms with van der Waals surface area (Å²) in [6.07, 6.45) is 8.60. The molecule has 4 rings (SSSR count). The first-order valence-corrected chi connectivity index (χ1v) is 8.74. The molecule has 132 valence electrons. The summed E-state index contributed by atoms with van der Waals surface area (Å²) in [5.41, 5.74) is 0.134. The molecule has 0 radical (unpaired) electrons. The third kappa shape index (κ3) is 3.51. The molecule has 7 heteroatoms. The van der Waals surface area contributed by atoms with Crippen LogP contribution < -0.4 is 5.32 Å². The van der Waals surface area contributed by atoms with Crippen LogP contribution in [0.15, 0.2) is 41.5 Å². The average molecular weight is 342 g/mol. The zero-order chi connectivity index (χ0) is 17.1. The molecule has 2 aliphatic heterocycles. The Bertz CT molecular complexity index is 706. The lowest BCUT2D eigenvalue weighted by Gasteiger charge is -2.38. The van der Waals surface area contributed by atoms with E-state index in [1.54, 1.807) is 6.20 Å². The van der Waals surface area contributed by atoms with Crippen molar-refractivity contribution < 1.29 is 13.9 Å². The molecule has 2 fully saturated rings. The van der Waals surface area contributed by atoms with Crippen molar-refractivity contribution >= 4 is 11.7 Å². The maximum atomic E-state index is 12.5. The molecule has 0 aliphatic carbocycles. The summed E-state index contributed by atoms with van der Waals surface area (Å²) in [7, 11) is 0. The van der Waals surface area contributed by atoms with E-state index in [2.05, 4.69) is 15.3 Å². The van der Waals surface area contributed by atoms with E-state index < -0.39 is 0 Å². The van der Waals surface area contributed by atoms with Gasteiger partial charge < -0.3 is 19.4 Å². The van der Waals surface area contributed by atoms with Crippen LogP contribution in [0.4, 0.5) is 5.82 Å². The quantitative estimate of drug-likeness (QED) is 0.918. The van der Waals surface area contributed by atoms with Crippen LogP contribution in [-0.4, -0.2) is 52.1 Å². The first-order valence-electron chi connectivity index (χ1n) is 8.74. The van der Waals surface area contributed by atoms with Crippen LogP contribution in [0.25, 0.3) is 0 Å². The summed E-state index contributed by atoms with van der Waals surface area (Å²) >= 11 is 0. The van der Waals surface area contributed by atoms with E-state index in [-0.39, 0.29) is 17.6 Å². The number of hydrogen-bond donors (Lipinski definition) is 1. The number of amides is 1. The maximum Gasteiger partial charge on any atom is 0.275 e. The second-order valence-electron chi connectivity index (χ2n) is 6.76. The van der Waals surface area contributed by atoms with E-state index in [1.165, 1.54) is 12.7 Å². The first-order chi connectivity index (χ1) is 12.2. The van der Waals surface area contributed by atoms with Gasteiger partial charge in [0.05, 0.1) is 18.2 Å². The second kappa shape index (κ2) is 6.84. The highest BCUT2D eigenvalue weighted by Crippen LogP contribution is 2.37. The van der Waals surface area contributed by atoms with Gasteiger partial charge in [0, 0.05) is 19.3 Å². The van der Waals surface area contributed by atoms with E-state index in [1.807, 2.05) is 23.1 Å². The van der Waals surface area contributed by atoms with Crippen molar-refractivity contribution in [1.29, 1.82) is 0 Å². The van der Waals surface area contributed by atoms with Gasteiger partial charge in [0.1, 0.15) is 12.1 Å². The molecule has 0 bridgehead atoms. The first kappa shape index (κ1) is 16.1. The summed E-state index contributed by atoms with van der Waals surface area (Å²) in [4.78, 5) is 22.5. The SMILES string of the molecule is O=C(c1cocn1)N1CC[C@]2(CCC[C@H](CNc3ccccn3)O2)C1. The van der Waals surface area contributed by atoms with E-state index in [0.717, 1.165) is 38.0 Å². The molecule has 2 atom stereocenters. The fraction of sp³-hybridized carbons (Fsp3) is 0.500. The molecule has 2 aliphatic rings. The van der Waals surface area contributed by atoms with Crippen LogP contribution in [0.5, 0.6) is 0 Å².